The molecule has 0 radical (unpaired) electrons. The molecule has 0 aliphatic carbocycles. The second-order valence-corrected chi connectivity index (χ2v) is 6.39. The van der Waals surface area contributed by atoms with Gasteiger partial charge in [0.1, 0.15) is 0 Å². The summed E-state index contributed by atoms with van der Waals surface area (Å²) in [6.45, 7) is 11.0. The first kappa shape index (κ1) is 18.2. The number of anilines is 1. The lowest BCUT2D eigenvalue weighted by Gasteiger charge is -2.25. The molecule has 1 aromatic carbocycles. The summed E-state index contributed by atoms with van der Waals surface area (Å²) in [5.41, 5.74) is 6.87. The fourth-order valence-corrected chi connectivity index (χ4v) is 2.00. The molecule has 22 heavy (non-hydrogen) atoms. The van der Waals surface area contributed by atoms with Gasteiger partial charge >= 0.3 is 0 Å². The van der Waals surface area contributed by atoms with Crippen molar-refractivity contribution in [1.29, 1.82) is 0 Å². The van der Waals surface area contributed by atoms with Crippen LogP contribution in [0.3, 0.4) is 0 Å². The molecule has 0 bridgehead atoms. The van der Waals surface area contributed by atoms with Crippen molar-refractivity contribution in [2.45, 2.75) is 40.7 Å². The van der Waals surface area contributed by atoms with Crippen molar-refractivity contribution in [3.63, 3.8) is 0 Å². The van der Waals surface area contributed by atoms with E-state index in [9.17, 15) is 9.59 Å². The number of rotatable bonds is 5. The number of nitrogens with zero attached hydrogens (tertiary/aromatic N) is 1. The molecule has 0 aliphatic heterocycles. The first-order chi connectivity index (χ1) is 10.2. The second-order valence-electron chi connectivity index (χ2n) is 6.39. The van der Waals surface area contributed by atoms with Crippen LogP contribution in [0.1, 0.15) is 45.0 Å². The van der Waals surface area contributed by atoms with Crippen LogP contribution >= 0.6 is 0 Å². The standard InChI is InChI=1S/C17H27N3O2/c1-6-20(7-2)16(22)12-8-10-13(11-9-12)19-15(21)14(18)17(3,4)5/h8-11,14H,6-7,18H2,1-5H3,(H,19,21)/t14-/m1/s1. The van der Waals surface area contributed by atoms with Crippen LogP contribution in [0.15, 0.2) is 24.3 Å². The van der Waals surface area contributed by atoms with Crippen molar-refractivity contribution in [2.24, 2.45) is 11.1 Å². The highest BCUT2D eigenvalue weighted by molar-refractivity contribution is 5.97. The molecular weight excluding hydrogens is 278 g/mol. The van der Waals surface area contributed by atoms with E-state index >= 15 is 0 Å². The van der Waals surface area contributed by atoms with E-state index in [1.807, 2.05) is 34.6 Å². The lowest BCUT2D eigenvalue weighted by Crippen LogP contribution is -2.45. The van der Waals surface area contributed by atoms with Crippen LogP contribution in [0.2, 0.25) is 0 Å². The number of amides is 2. The SMILES string of the molecule is CCN(CC)C(=O)c1ccc(NC(=O)[C@@H](N)C(C)(C)C)cc1. The maximum atomic E-state index is 12.2. The summed E-state index contributed by atoms with van der Waals surface area (Å²) in [5.74, 6) is -0.232. The lowest BCUT2D eigenvalue weighted by atomic mass is 9.87. The zero-order valence-electron chi connectivity index (χ0n) is 14.1. The highest BCUT2D eigenvalue weighted by atomic mass is 16.2. The monoisotopic (exact) mass is 305 g/mol. The Labute approximate surface area is 132 Å². The van der Waals surface area contributed by atoms with E-state index in [4.69, 9.17) is 5.73 Å². The number of benzene rings is 1. The summed E-state index contributed by atoms with van der Waals surface area (Å²) in [6, 6.07) is 6.30. The molecule has 0 aromatic heterocycles. The summed E-state index contributed by atoms with van der Waals surface area (Å²) >= 11 is 0. The highest BCUT2D eigenvalue weighted by Crippen LogP contribution is 2.19. The van der Waals surface area contributed by atoms with Gasteiger partial charge in [0.15, 0.2) is 0 Å². The average molecular weight is 305 g/mol. The van der Waals surface area contributed by atoms with Crippen molar-refractivity contribution in [3.05, 3.63) is 29.8 Å². The van der Waals surface area contributed by atoms with E-state index in [-0.39, 0.29) is 17.2 Å². The minimum atomic E-state index is -0.593. The predicted octanol–water partition coefficient (Wildman–Crippen LogP) is 2.48. The van der Waals surface area contributed by atoms with E-state index < -0.39 is 6.04 Å². The van der Waals surface area contributed by atoms with Gasteiger partial charge in [-0.25, -0.2) is 0 Å². The zero-order chi connectivity index (χ0) is 16.9. The molecule has 1 atom stereocenters. The number of nitrogens with two attached hydrogens (primary N) is 1. The van der Waals surface area contributed by atoms with Gasteiger partial charge in [0.05, 0.1) is 6.04 Å². The molecule has 3 N–H and O–H groups in total. The molecule has 0 saturated heterocycles. The van der Waals surface area contributed by atoms with Crippen molar-refractivity contribution in [3.8, 4) is 0 Å². The van der Waals surface area contributed by atoms with Crippen LogP contribution in [-0.2, 0) is 4.79 Å². The fourth-order valence-electron chi connectivity index (χ4n) is 2.00. The van der Waals surface area contributed by atoms with Crippen molar-refractivity contribution >= 4 is 17.5 Å². The van der Waals surface area contributed by atoms with Gasteiger partial charge in [-0.2, -0.15) is 0 Å². The third-order valence-electron chi connectivity index (χ3n) is 3.67. The van der Waals surface area contributed by atoms with Gasteiger partial charge in [-0.15, -0.1) is 0 Å². The zero-order valence-corrected chi connectivity index (χ0v) is 14.1. The number of carbonyl (C=O) groups excluding carboxylic acids is 2. The van der Waals surface area contributed by atoms with Crippen LogP contribution in [0, 0.1) is 5.41 Å². The fraction of sp³-hybridized carbons (Fsp3) is 0.529. The summed E-state index contributed by atoms with van der Waals surface area (Å²) in [7, 11) is 0. The Hall–Kier alpha value is -1.88. The molecule has 5 heteroatoms. The maximum absolute atomic E-state index is 12.2. The number of hydrogen-bond acceptors (Lipinski definition) is 3. The van der Waals surface area contributed by atoms with Crippen molar-refractivity contribution < 1.29 is 9.59 Å². The number of nitrogens with one attached hydrogen (secondary N) is 1. The number of hydrogen-bond donors (Lipinski definition) is 2. The lowest BCUT2D eigenvalue weighted by molar-refractivity contribution is -0.119. The van der Waals surface area contributed by atoms with Gasteiger partial charge in [0.2, 0.25) is 5.91 Å². The molecule has 1 rings (SSSR count). The minimum absolute atomic E-state index is 0.00531. The summed E-state index contributed by atoms with van der Waals surface area (Å²) in [4.78, 5) is 26.0. The largest absolute Gasteiger partial charge is 0.339 e. The van der Waals surface area contributed by atoms with E-state index in [1.165, 1.54) is 0 Å². The van der Waals surface area contributed by atoms with Crippen LogP contribution in [-0.4, -0.2) is 35.8 Å². The van der Waals surface area contributed by atoms with Crippen LogP contribution in [0.4, 0.5) is 5.69 Å². The van der Waals surface area contributed by atoms with E-state index in [1.54, 1.807) is 29.2 Å². The smallest absolute Gasteiger partial charge is 0.253 e. The Morgan fingerprint density at radius 2 is 1.64 bits per heavy atom. The van der Waals surface area contributed by atoms with Crippen LogP contribution in [0.25, 0.3) is 0 Å². The summed E-state index contributed by atoms with van der Waals surface area (Å²) in [5, 5.41) is 2.78. The van der Waals surface area contributed by atoms with Crippen molar-refractivity contribution in [1.82, 2.24) is 4.90 Å². The third kappa shape index (κ3) is 4.56. The number of carbonyl (C=O) groups is 2. The Balaban J connectivity index is 2.78. The average Bonchev–Trinajstić information content (AvgIpc) is 2.47. The molecule has 122 valence electrons. The van der Waals surface area contributed by atoms with Gasteiger partial charge < -0.3 is 16.0 Å². The maximum Gasteiger partial charge on any atom is 0.253 e. The third-order valence-corrected chi connectivity index (χ3v) is 3.67. The highest BCUT2D eigenvalue weighted by Gasteiger charge is 2.27. The molecular formula is C17H27N3O2. The molecule has 2 amide bonds. The van der Waals surface area contributed by atoms with E-state index in [0.717, 1.165) is 0 Å². The normalized spacial score (nSPS) is 12.6. The first-order valence-corrected chi connectivity index (χ1v) is 7.66. The molecule has 0 spiro atoms. The van der Waals surface area contributed by atoms with Gasteiger partial charge in [0, 0.05) is 24.3 Å². The molecule has 5 nitrogen and oxygen atoms in total. The topological polar surface area (TPSA) is 75.4 Å². The van der Waals surface area contributed by atoms with Crippen LogP contribution in [0.5, 0.6) is 0 Å². The molecule has 0 heterocycles. The van der Waals surface area contributed by atoms with Crippen molar-refractivity contribution in [2.75, 3.05) is 18.4 Å². The first-order valence-electron chi connectivity index (χ1n) is 7.66. The van der Waals surface area contributed by atoms with E-state index in [0.29, 0.717) is 24.3 Å². The molecule has 0 unspecified atom stereocenters. The van der Waals surface area contributed by atoms with Gasteiger partial charge in [-0.3, -0.25) is 9.59 Å². The molecule has 0 fully saturated rings. The molecule has 1 aromatic rings. The summed E-state index contributed by atoms with van der Waals surface area (Å²) in [6.07, 6.45) is 0. The van der Waals surface area contributed by atoms with Gasteiger partial charge in [-0.05, 0) is 43.5 Å². The Morgan fingerprint density at radius 1 is 1.14 bits per heavy atom. The predicted molar refractivity (Wildman–Crippen MR) is 89.8 cm³/mol. The van der Waals surface area contributed by atoms with Gasteiger partial charge in [0.25, 0.3) is 5.91 Å². The molecule has 0 aliphatic rings. The minimum Gasteiger partial charge on any atom is -0.339 e. The van der Waals surface area contributed by atoms with E-state index in [2.05, 4.69) is 5.32 Å². The van der Waals surface area contributed by atoms with Gasteiger partial charge in [-0.1, -0.05) is 20.8 Å². The Kier molecular flexibility index (Phi) is 6.11. The Bertz CT molecular complexity index is 514. The Morgan fingerprint density at radius 3 is 2.05 bits per heavy atom. The second kappa shape index (κ2) is 7.40. The van der Waals surface area contributed by atoms with Crippen LogP contribution < -0.4 is 11.1 Å². The quantitative estimate of drug-likeness (QED) is 0.877. The molecule has 0 saturated carbocycles. The summed E-state index contributed by atoms with van der Waals surface area (Å²) < 4.78 is 0.